The second-order valence-electron chi connectivity index (χ2n) is 4.01. The average Bonchev–Trinajstić information content (AvgIpc) is 3.08. The van der Waals surface area contributed by atoms with Crippen molar-refractivity contribution in [2.24, 2.45) is 0 Å². The molecule has 2 aromatic rings. The van der Waals surface area contributed by atoms with E-state index in [1.807, 2.05) is 12.1 Å². The summed E-state index contributed by atoms with van der Waals surface area (Å²) in [6.45, 7) is 0. The number of aromatic nitrogens is 3. The van der Waals surface area contributed by atoms with Gasteiger partial charge in [-0.1, -0.05) is 29.3 Å². The summed E-state index contributed by atoms with van der Waals surface area (Å²) in [4.78, 5) is 0. The highest BCUT2D eigenvalue weighted by Crippen LogP contribution is 2.42. The molecule has 0 saturated heterocycles. The van der Waals surface area contributed by atoms with Crippen molar-refractivity contribution in [2.75, 3.05) is 0 Å². The van der Waals surface area contributed by atoms with Gasteiger partial charge in [0.25, 0.3) is 0 Å². The summed E-state index contributed by atoms with van der Waals surface area (Å²) in [6, 6.07) is 5.42. The molecule has 17 heavy (non-hydrogen) atoms. The van der Waals surface area contributed by atoms with E-state index >= 15 is 0 Å². The smallest absolute Gasteiger partial charge is 0.229 e. The topological polar surface area (TPSA) is 30.7 Å². The molecule has 0 aliphatic heterocycles. The normalized spacial score (nSPS) is 15.2. The first-order valence-corrected chi connectivity index (χ1v) is 6.37. The molecule has 3 rings (SSSR count). The van der Waals surface area contributed by atoms with E-state index in [1.54, 1.807) is 10.6 Å². The maximum atomic E-state index is 6.19. The zero-order valence-electron chi connectivity index (χ0n) is 8.70. The van der Waals surface area contributed by atoms with E-state index in [9.17, 15) is 0 Å². The molecule has 1 aromatic carbocycles. The van der Waals surface area contributed by atoms with E-state index in [4.69, 9.17) is 34.8 Å². The first kappa shape index (κ1) is 11.3. The van der Waals surface area contributed by atoms with E-state index in [1.165, 1.54) is 0 Å². The zero-order valence-corrected chi connectivity index (χ0v) is 11.0. The molecule has 1 aliphatic rings. The predicted octanol–water partition coefficient (Wildman–Crippen LogP) is 4.10. The van der Waals surface area contributed by atoms with Crippen LogP contribution in [-0.2, 0) is 0 Å². The number of hydrogen-bond donors (Lipinski definition) is 0. The Morgan fingerprint density at radius 3 is 2.59 bits per heavy atom. The molecule has 0 bridgehead atoms. The van der Waals surface area contributed by atoms with Crippen molar-refractivity contribution in [2.45, 2.75) is 18.8 Å². The van der Waals surface area contributed by atoms with Crippen LogP contribution in [0.25, 0.3) is 5.69 Å². The van der Waals surface area contributed by atoms with Crippen molar-refractivity contribution in [3.63, 3.8) is 0 Å². The van der Waals surface area contributed by atoms with E-state index < -0.39 is 0 Å². The number of nitrogens with zero attached hydrogens (tertiary/aromatic N) is 3. The summed E-state index contributed by atoms with van der Waals surface area (Å²) < 4.78 is 1.77. The maximum absolute atomic E-state index is 6.19. The Labute approximate surface area is 113 Å². The lowest BCUT2D eigenvalue weighted by molar-refractivity contribution is 0.872. The quantitative estimate of drug-likeness (QED) is 0.833. The van der Waals surface area contributed by atoms with Crippen LogP contribution < -0.4 is 0 Å². The Kier molecular flexibility index (Phi) is 2.77. The number of benzene rings is 1. The lowest BCUT2D eigenvalue weighted by atomic mass is 10.3. The van der Waals surface area contributed by atoms with Gasteiger partial charge in [0.15, 0.2) is 0 Å². The maximum Gasteiger partial charge on any atom is 0.229 e. The molecule has 1 heterocycles. The Hall–Kier alpha value is -0.770. The monoisotopic (exact) mass is 287 g/mol. The molecule has 1 fully saturated rings. The molecular weight excluding hydrogens is 281 g/mol. The van der Waals surface area contributed by atoms with Gasteiger partial charge in [-0.3, -0.25) is 4.57 Å². The van der Waals surface area contributed by atoms with Crippen LogP contribution in [0.15, 0.2) is 18.2 Å². The van der Waals surface area contributed by atoms with Crippen LogP contribution in [0.3, 0.4) is 0 Å². The molecule has 0 atom stereocenters. The van der Waals surface area contributed by atoms with Gasteiger partial charge in [-0.25, -0.2) is 0 Å². The first-order valence-electron chi connectivity index (χ1n) is 5.23. The molecule has 3 nitrogen and oxygen atoms in total. The van der Waals surface area contributed by atoms with Gasteiger partial charge >= 0.3 is 0 Å². The summed E-state index contributed by atoms with van der Waals surface area (Å²) >= 11 is 18.3. The van der Waals surface area contributed by atoms with Crippen LogP contribution >= 0.6 is 34.8 Å². The molecule has 0 radical (unpaired) electrons. The third-order valence-corrected chi connectivity index (χ3v) is 3.82. The van der Waals surface area contributed by atoms with Crippen LogP contribution in [-0.4, -0.2) is 14.8 Å². The number of halogens is 3. The fraction of sp³-hybridized carbons (Fsp3) is 0.273. The molecule has 6 heteroatoms. The summed E-state index contributed by atoms with van der Waals surface area (Å²) in [5.41, 5.74) is 0.732. The fourth-order valence-corrected chi connectivity index (χ4v) is 2.37. The summed E-state index contributed by atoms with van der Waals surface area (Å²) in [5, 5.41) is 9.29. The second-order valence-corrected chi connectivity index (χ2v) is 5.13. The summed E-state index contributed by atoms with van der Waals surface area (Å²) in [5.74, 6) is 1.30. The van der Waals surface area contributed by atoms with Crippen molar-refractivity contribution >= 4 is 34.8 Å². The van der Waals surface area contributed by atoms with Crippen molar-refractivity contribution in [1.82, 2.24) is 14.8 Å². The molecular formula is C11H8Cl3N3. The Balaban J connectivity index is 2.20. The molecule has 0 spiro atoms. The fourth-order valence-electron chi connectivity index (χ4n) is 1.77. The molecule has 0 amide bonds. The Bertz CT molecular complexity index is 575. The van der Waals surface area contributed by atoms with E-state index in [2.05, 4.69) is 10.2 Å². The van der Waals surface area contributed by atoms with Gasteiger partial charge in [0.2, 0.25) is 5.28 Å². The third kappa shape index (κ3) is 1.92. The zero-order chi connectivity index (χ0) is 12.0. The van der Waals surface area contributed by atoms with Crippen LogP contribution in [0.4, 0.5) is 0 Å². The van der Waals surface area contributed by atoms with Gasteiger partial charge in [0, 0.05) is 5.92 Å². The molecule has 0 N–H and O–H groups in total. The molecule has 1 aliphatic carbocycles. The Morgan fingerprint density at radius 2 is 1.88 bits per heavy atom. The van der Waals surface area contributed by atoms with Gasteiger partial charge in [0.1, 0.15) is 5.82 Å². The highest BCUT2D eigenvalue weighted by atomic mass is 35.5. The largest absolute Gasteiger partial charge is 0.268 e. The van der Waals surface area contributed by atoms with Crippen LogP contribution in [0.2, 0.25) is 15.3 Å². The van der Waals surface area contributed by atoms with Crippen LogP contribution in [0.5, 0.6) is 0 Å². The van der Waals surface area contributed by atoms with Gasteiger partial charge in [0.05, 0.1) is 15.7 Å². The molecule has 0 unspecified atom stereocenters. The van der Waals surface area contributed by atoms with Crippen molar-refractivity contribution < 1.29 is 0 Å². The van der Waals surface area contributed by atoms with E-state index in [0.717, 1.165) is 24.4 Å². The standard InChI is InChI=1S/C11H8Cl3N3/c12-7-2-1-3-8(9(7)13)17-10(6-4-5-6)15-16-11(17)14/h1-3,6H,4-5H2. The lowest BCUT2D eigenvalue weighted by Crippen LogP contribution is -2.01. The first-order chi connectivity index (χ1) is 8.18. The average molecular weight is 289 g/mol. The highest BCUT2D eigenvalue weighted by Gasteiger charge is 2.31. The summed E-state index contributed by atoms with van der Waals surface area (Å²) in [7, 11) is 0. The SMILES string of the molecule is Clc1cccc(-n2c(Cl)nnc2C2CC2)c1Cl. The number of rotatable bonds is 2. The van der Waals surface area contributed by atoms with Crippen LogP contribution in [0, 0.1) is 0 Å². The van der Waals surface area contributed by atoms with Crippen molar-refractivity contribution in [1.29, 1.82) is 0 Å². The summed E-state index contributed by atoms with van der Waals surface area (Å²) in [6.07, 6.45) is 2.24. The number of hydrogen-bond acceptors (Lipinski definition) is 2. The van der Waals surface area contributed by atoms with E-state index in [0.29, 0.717) is 21.2 Å². The van der Waals surface area contributed by atoms with Crippen molar-refractivity contribution in [3.8, 4) is 5.69 Å². The minimum atomic E-state index is 0.316. The van der Waals surface area contributed by atoms with Gasteiger partial charge in [-0.05, 0) is 36.6 Å². The minimum Gasteiger partial charge on any atom is -0.268 e. The van der Waals surface area contributed by atoms with Crippen molar-refractivity contribution in [3.05, 3.63) is 39.4 Å². The third-order valence-electron chi connectivity index (χ3n) is 2.76. The van der Waals surface area contributed by atoms with Gasteiger partial charge in [-0.2, -0.15) is 0 Å². The Morgan fingerprint density at radius 1 is 1.12 bits per heavy atom. The highest BCUT2D eigenvalue weighted by molar-refractivity contribution is 6.43. The van der Waals surface area contributed by atoms with Gasteiger partial charge in [-0.15, -0.1) is 10.2 Å². The molecule has 1 aromatic heterocycles. The predicted molar refractivity (Wildman–Crippen MR) is 68.4 cm³/mol. The molecule has 1 saturated carbocycles. The van der Waals surface area contributed by atoms with Crippen LogP contribution in [0.1, 0.15) is 24.6 Å². The molecule has 88 valence electrons. The second kappa shape index (κ2) is 4.16. The minimum absolute atomic E-state index is 0.316. The van der Waals surface area contributed by atoms with E-state index in [-0.39, 0.29) is 0 Å². The lowest BCUT2D eigenvalue weighted by Gasteiger charge is -2.09. The van der Waals surface area contributed by atoms with Gasteiger partial charge < -0.3 is 0 Å².